The quantitative estimate of drug-likeness (QED) is 0.740. The molecule has 0 aliphatic heterocycles. The summed E-state index contributed by atoms with van der Waals surface area (Å²) < 4.78 is 54.6. The number of benzene rings is 1. The number of aliphatic hydroxyl groups is 1. The second-order valence-electron chi connectivity index (χ2n) is 4.90. The summed E-state index contributed by atoms with van der Waals surface area (Å²) in [5.74, 6) is -0.638. The number of nitrogens with two attached hydrogens (primary N) is 1. The van der Waals surface area contributed by atoms with Gasteiger partial charge in [-0.05, 0) is 12.0 Å². The van der Waals surface area contributed by atoms with Crippen molar-refractivity contribution < 1.29 is 27.4 Å². The monoisotopic (exact) mass is 345 g/mol. The van der Waals surface area contributed by atoms with E-state index in [-0.39, 0.29) is 23.9 Å². The van der Waals surface area contributed by atoms with Crippen LogP contribution in [-0.2, 0) is 0 Å². The number of rotatable bonds is 7. The van der Waals surface area contributed by atoms with Gasteiger partial charge in [0.1, 0.15) is 5.75 Å². The fourth-order valence-electron chi connectivity index (χ4n) is 1.82. The summed E-state index contributed by atoms with van der Waals surface area (Å²) in [6, 6.07) is 4.35. The average molecular weight is 346 g/mol. The molecule has 0 spiro atoms. The SMILES string of the molecule is CCC(C)[C@@H](O)[C@@H](N)c1ccccc1OC(F)(F)C(F)F.Cl. The third kappa shape index (κ3) is 5.00. The fraction of sp³-hybridized carbons (Fsp3) is 0.571. The molecule has 0 aromatic heterocycles. The lowest BCUT2D eigenvalue weighted by Crippen LogP contribution is -2.36. The number of halogens is 5. The van der Waals surface area contributed by atoms with E-state index in [1.807, 2.05) is 6.92 Å². The second-order valence-corrected chi connectivity index (χ2v) is 4.90. The van der Waals surface area contributed by atoms with Crippen LogP contribution in [0.2, 0.25) is 0 Å². The van der Waals surface area contributed by atoms with Crippen LogP contribution < -0.4 is 10.5 Å². The maximum Gasteiger partial charge on any atom is 0.461 e. The van der Waals surface area contributed by atoms with Crippen molar-refractivity contribution in [2.24, 2.45) is 11.7 Å². The highest BCUT2D eigenvalue weighted by Gasteiger charge is 2.44. The molecule has 1 unspecified atom stereocenters. The van der Waals surface area contributed by atoms with Crippen LogP contribution in [0, 0.1) is 5.92 Å². The van der Waals surface area contributed by atoms with E-state index in [0.29, 0.717) is 6.42 Å². The summed E-state index contributed by atoms with van der Waals surface area (Å²) in [5.41, 5.74) is 5.91. The molecule has 0 aliphatic carbocycles. The Morgan fingerprint density at radius 3 is 2.32 bits per heavy atom. The van der Waals surface area contributed by atoms with Gasteiger partial charge in [-0.3, -0.25) is 0 Å². The average Bonchev–Trinajstić information content (AvgIpc) is 2.44. The van der Waals surface area contributed by atoms with E-state index in [9.17, 15) is 22.7 Å². The van der Waals surface area contributed by atoms with E-state index in [4.69, 9.17) is 5.73 Å². The zero-order chi connectivity index (χ0) is 16.2. The summed E-state index contributed by atoms with van der Waals surface area (Å²) >= 11 is 0. The molecule has 3 N–H and O–H groups in total. The van der Waals surface area contributed by atoms with E-state index in [1.165, 1.54) is 18.2 Å². The molecule has 0 fully saturated rings. The number of para-hydroxylation sites is 1. The lowest BCUT2D eigenvalue weighted by Gasteiger charge is -2.27. The number of hydrogen-bond donors (Lipinski definition) is 2. The van der Waals surface area contributed by atoms with Gasteiger partial charge in [-0.25, -0.2) is 0 Å². The molecule has 0 aliphatic rings. The molecule has 1 aromatic rings. The summed E-state index contributed by atoms with van der Waals surface area (Å²) in [5, 5.41) is 10.1. The van der Waals surface area contributed by atoms with Crippen LogP contribution in [0.15, 0.2) is 24.3 Å². The first kappa shape index (κ1) is 20.9. The molecule has 0 saturated heterocycles. The lowest BCUT2D eigenvalue weighted by molar-refractivity contribution is -0.253. The Kier molecular flexibility index (Phi) is 8.14. The third-order valence-electron chi connectivity index (χ3n) is 3.37. The molecule has 0 heterocycles. The van der Waals surface area contributed by atoms with Crippen LogP contribution in [0.4, 0.5) is 17.6 Å². The first-order valence-electron chi connectivity index (χ1n) is 6.58. The van der Waals surface area contributed by atoms with E-state index in [0.717, 1.165) is 6.07 Å². The predicted molar refractivity (Wildman–Crippen MR) is 77.7 cm³/mol. The number of aliphatic hydroxyl groups excluding tert-OH is 1. The van der Waals surface area contributed by atoms with E-state index < -0.39 is 30.4 Å². The van der Waals surface area contributed by atoms with Gasteiger partial charge in [-0.1, -0.05) is 38.5 Å². The number of ether oxygens (including phenoxy) is 1. The van der Waals surface area contributed by atoms with Gasteiger partial charge in [0.05, 0.1) is 12.1 Å². The van der Waals surface area contributed by atoms with Crippen molar-refractivity contribution in [3.63, 3.8) is 0 Å². The van der Waals surface area contributed by atoms with Crippen LogP contribution >= 0.6 is 12.4 Å². The highest BCUT2D eigenvalue weighted by atomic mass is 35.5. The molecule has 1 rings (SSSR count). The maximum atomic E-state index is 13.0. The van der Waals surface area contributed by atoms with Gasteiger partial charge in [0.2, 0.25) is 0 Å². The topological polar surface area (TPSA) is 55.5 Å². The van der Waals surface area contributed by atoms with Crippen LogP contribution in [0.1, 0.15) is 31.9 Å². The summed E-state index contributed by atoms with van der Waals surface area (Å²) in [6.07, 6.45) is -8.94. The van der Waals surface area contributed by atoms with Gasteiger partial charge in [0, 0.05) is 5.56 Å². The highest BCUT2D eigenvalue weighted by molar-refractivity contribution is 5.85. The van der Waals surface area contributed by atoms with Gasteiger partial charge in [0.25, 0.3) is 0 Å². The Labute approximate surface area is 132 Å². The zero-order valence-electron chi connectivity index (χ0n) is 12.2. The second kappa shape index (κ2) is 8.55. The van der Waals surface area contributed by atoms with E-state index in [2.05, 4.69) is 4.74 Å². The molecule has 22 heavy (non-hydrogen) atoms. The van der Waals surface area contributed by atoms with E-state index >= 15 is 0 Å². The number of alkyl halides is 4. The molecule has 0 bridgehead atoms. The van der Waals surface area contributed by atoms with E-state index in [1.54, 1.807) is 6.92 Å². The molecular weight excluding hydrogens is 326 g/mol. The maximum absolute atomic E-state index is 13.0. The Balaban J connectivity index is 0.00000441. The minimum Gasteiger partial charge on any atom is -0.428 e. The van der Waals surface area contributed by atoms with Crippen LogP contribution in [0.25, 0.3) is 0 Å². The van der Waals surface area contributed by atoms with Crippen molar-refractivity contribution in [2.75, 3.05) is 0 Å². The highest BCUT2D eigenvalue weighted by Crippen LogP contribution is 2.34. The van der Waals surface area contributed by atoms with Gasteiger partial charge in [0.15, 0.2) is 0 Å². The molecule has 3 atom stereocenters. The Bertz CT molecular complexity index is 462. The summed E-state index contributed by atoms with van der Waals surface area (Å²) in [6.45, 7) is 3.59. The predicted octanol–water partition coefficient (Wildman–Crippen LogP) is 3.75. The van der Waals surface area contributed by atoms with Crippen molar-refractivity contribution >= 4 is 12.4 Å². The summed E-state index contributed by atoms with van der Waals surface area (Å²) in [4.78, 5) is 0. The van der Waals surface area contributed by atoms with Gasteiger partial charge >= 0.3 is 12.5 Å². The summed E-state index contributed by atoms with van der Waals surface area (Å²) in [7, 11) is 0. The minimum atomic E-state index is -4.61. The molecule has 0 saturated carbocycles. The Morgan fingerprint density at radius 1 is 1.27 bits per heavy atom. The van der Waals surface area contributed by atoms with Gasteiger partial charge in [-0.15, -0.1) is 12.4 Å². The van der Waals surface area contributed by atoms with Crippen LogP contribution in [0.5, 0.6) is 5.75 Å². The smallest absolute Gasteiger partial charge is 0.428 e. The first-order chi connectivity index (χ1) is 9.70. The van der Waals surface area contributed by atoms with Gasteiger partial charge in [-0.2, -0.15) is 17.6 Å². The van der Waals surface area contributed by atoms with Crippen LogP contribution in [0.3, 0.4) is 0 Å². The van der Waals surface area contributed by atoms with Crippen molar-refractivity contribution in [1.29, 1.82) is 0 Å². The zero-order valence-corrected chi connectivity index (χ0v) is 13.0. The first-order valence-corrected chi connectivity index (χ1v) is 6.58. The van der Waals surface area contributed by atoms with Crippen molar-refractivity contribution in [2.45, 2.75) is 44.9 Å². The molecule has 8 heteroatoms. The molecule has 3 nitrogen and oxygen atoms in total. The molecule has 0 amide bonds. The largest absolute Gasteiger partial charge is 0.461 e. The van der Waals surface area contributed by atoms with Crippen molar-refractivity contribution in [3.05, 3.63) is 29.8 Å². The fourth-order valence-corrected chi connectivity index (χ4v) is 1.82. The normalized spacial score (nSPS) is 15.9. The Hall–Kier alpha value is -1.05. The standard InChI is InChI=1S/C14H19F4NO2.ClH/c1-3-8(2)12(20)11(19)9-6-4-5-7-10(9)21-14(17,18)13(15)16;/h4-8,11-13,20H,3,19H2,1-2H3;1H/t8?,11-,12+;/m0./s1. The van der Waals surface area contributed by atoms with Crippen LogP contribution in [-0.4, -0.2) is 23.7 Å². The van der Waals surface area contributed by atoms with Gasteiger partial charge < -0.3 is 15.6 Å². The lowest BCUT2D eigenvalue weighted by atomic mass is 9.91. The molecular formula is C14H20ClF4NO2. The third-order valence-corrected chi connectivity index (χ3v) is 3.37. The minimum absolute atomic E-state index is 0. The molecule has 128 valence electrons. The van der Waals surface area contributed by atoms with Crippen molar-refractivity contribution in [3.8, 4) is 5.75 Å². The molecule has 1 aromatic carbocycles. The van der Waals surface area contributed by atoms with Crippen molar-refractivity contribution in [1.82, 2.24) is 0 Å². The number of hydrogen-bond acceptors (Lipinski definition) is 3. The Morgan fingerprint density at radius 2 is 1.82 bits per heavy atom. The molecule has 0 radical (unpaired) electrons.